The molecule has 0 aliphatic rings. The average molecular weight is 142 g/mol. The maximum atomic E-state index is 4.95. The molecule has 0 heterocycles. The first-order valence-electron chi connectivity index (χ1n) is 3.89. The van der Waals surface area contributed by atoms with Crippen LogP contribution >= 0.6 is 0 Å². The molecule has 0 aliphatic heterocycles. The monoisotopic (exact) mass is 142 g/mol. The Morgan fingerprint density at radius 1 is 1.60 bits per heavy atom. The molecule has 0 radical (unpaired) electrons. The van der Waals surface area contributed by atoms with Gasteiger partial charge in [0.25, 0.3) is 0 Å². The molecule has 0 N–H and O–H groups in total. The largest absolute Gasteiger partial charge is 0.384 e. The first-order chi connectivity index (χ1) is 4.72. The van der Waals surface area contributed by atoms with Crippen molar-refractivity contribution in [2.75, 3.05) is 13.7 Å². The first kappa shape index (κ1) is 9.70. The summed E-state index contributed by atoms with van der Waals surface area (Å²) in [5.74, 6) is 0.648. The van der Waals surface area contributed by atoms with Gasteiger partial charge in [-0.25, -0.2) is 0 Å². The number of hydrogen-bond acceptors (Lipinski definition) is 1. The highest BCUT2D eigenvalue weighted by molar-refractivity contribution is 4.98. The smallest absolute Gasteiger partial charge is 0.0499 e. The zero-order valence-electron chi connectivity index (χ0n) is 7.31. The highest BCUT2D eigenvalue weighted by atomic mass is 16.5. The minimum absolute atomic E-state index is 0.648. The summed E-state index contributed by atoms with van der Waals surface area (Å²) >= 11 is 0. The zero-order valence-corrected chi connectivity index (χ0v) is 7.31. The molecule has 0 aromatic rings. The SMILES string of the molecule is C=C(CCOC)C(C)CC. The van der Waals surface area contributed by atoms with Crippen LogP contribution in [0.15, 0.2) is 12.2 Å². The summed E-state index contributed by atoms with van der Waals surface area (Å²) in [5, 5.41) is 0. The van der Waals surface area contributed by atoms with Gasteiger partial charge in [0, 0.05) is 13.7 Å². The van der Waals surface area contributed by atoms with Gasteiger partial charge in [0.15, 0.2) is 0 Å². The molecule has 1 unspecified atom stereocenters. The Kier molecular flexibility index (Phi) is 5.32. The van der Waals surface area contributed by atoms with Crippen LogP contribution in [0.5, 0.6) is 0 Å². The molecule has 0 amide bonds. The summed E-state index contributed by atoms with van der Waals surface area (Å²) in [4.78, 5) is 0. The van der Waals surface area contributed by atoms with Gasteiger partial charge in [0.1, 0.15) is 0 Å². The lowest BCUT2D eigenvalue weighted by Gasteiger charge is -2.10. The van der Waals surface area contributed by atoms with Crippen molar-refractivity contribution >= 4 is 0 Å². The van der Waals surface area contributed by atoms with Gasteiger partial charge >= 0.3 is 0 Å². The third kappa shape index (κ3) is 3.67. The molecule has 10 heavy (non-hydrogen) atoms. The van der Waals surface area contributed by atoms with E-state index in [-0.39, 0.29) is 0 Å². The van der Waals surface area contributed by atoms with E-state index in [2.05, 4.69) is 20.4 Å². The van der Waals surface area contributed by atoms with Gasteiger partial charge in [-0.3, -0.25) is 0 Å². The number of hydrogen-bond donors (Lipinski definition) is 0. The third-order valence-corrected chi connectivity index (χ3v) is 1.94. The van der Waals surface area contributed by atoms with Crippen molar-refractivity contribution < 1.29 is 4.74 Å². The van der Waals surface area contributed by atoms with Crippen LogP contribution < -0.4 is 0 Å². The molecule has 1 atom stereocenters. The third-order valence-electron chi connectivity index (χ3n) is 1.94. The summed E-state index contributed by atoms with van der Waals surface area (Å²) in [6, 6.07) is 0. The Morgan fingerprint density at radius 2 is 2.20 bits per heavy atom. The lowest BCUT2D eigenvalue weighted by atomic mass is 9.98. The molecule has 0 spiro atoms. The van der Waals surface area contributed by atoms with Gasteiger partial charge in [-0.15, -0.1) is 0 Å². The van der Waals surface area contributed by atoms with Crippen molar-refractivity contribution in [3.63, 3.8) is 0 Å². The van der Waals surface area contributed by atoms with E-state index >= 15 is 0 Å². The molecule has 0 aliphatic carbocycles. The molecular weight excluding hydrogens is 124 g/mol. The van der Waals surface area contributed by atoms with E-state index in [1.165, 1.54) is 12.0 Å². The summed E-state index contributed by atoms with van der Waals surface area (Å²) in [5.41, 5.74) is 1.31. The number of ether oxygens (including phenoxy) is 1. The van der Waals surface area contributed by atoms with Crippen molar-refractivity contribution in [1.29, 1.82) is 0 Å². The van der Waals surface area contributed by atoms with Crippen molar-refractivity contribution in [3.8, 4) is 0 Å². The summed E-state index contributed by atoms with van der Waals surface area (Å²) in [6.07, 6.45) is 2.19. The fraction of sp³-hybridized carbons (Fsp3) is 0.778. The zero-order chi connectivity index (χ0) is 7.98. The van der Waals surface area contributed by atoms with Crippen molar-refractivity contribution in [2.45, 2.75) is 26.7 Å². The van der Waals surface area contributed by atoms with Crippen LogP contribution in [0.1, 0.15) is 26.7 Å². The molecule has 1 heteroatoms. The number of methoxy groups -OCH3 is 1. The molecule has 0 aromatic heterocycles. The van der Waals surface area contributed by atoms with Gasteiger partial charge in [-0.05, 0) is 18.8 Å². The summed E-state index contributed by atoms with van der Waals surface area (Å²) in [6.45, 7) is 9.18. The van der Waals surface area contributed by atoms with Crippen LogP contribution in [0.25, 0.3) is 0 Å². The lowest BCUT2D eigenvalue weighted by Crippen LogP contribution is -1.99. The minimum atomic E-state index is 0.648. The molecule has 0 aromatic carbocycles. The molecule has 1 nitrogen and oxygen atoms in total. The molecular formula is C9H18O. The Balaban J connectivity index is 3.42. The highest BCUT2D eigenvalue weighted by Gasteiger charge is 2.02. The maximum absolute atomic E-state index is 4.95. The van der Waals surface area contributed by atoms with Crippen LogP contribution in [0.3, 0.4) is 0 Å². The molecule has 0 saturated carbocycles. The molecule has 60 valence electrons. The summed E-state index contributed by atoms with van der Waals surface area (Å²) < 4.78 is 4.95. The predicted octanol–water partition coefficient (Wildman–Crippen LogP) is 2.63. The van der Waals surface area contributed by atoms with E-state index in [0.29, 0.717) is 5.92 Å². The van der Waals surface area contributed by atoms with Gasteiger partial charge in [0.05, 0.1) is 0 Å². The van der Waals surface area contributed by atoms with Crippen LogP contribution in [0.4, 0.5) is 0 Å². The lowest BCUT2D eigenvalue weighted by molar-refractivity contribution is 0.200. The molecule has 0 saturated heterocycles. The first-order valence-corrected chi connectivity index (χ1v) is 3.89. The quantitative estimate of drug-likeness (QED) is 0.536. The van der Waals surface area contributed by atoms with Crippen LogP contribution in [-0.4, -0.2) is 13.7 Å². The fourth-order valence-corrected chi connectivity index (χ4v) is 0.768. The van der Waals surface area contributed by atoms with E-state index in [1.54, 1.807) is 7.11 Å². The Bertz CT molecular complexity index is 96.9. The van der Waals surface area contributed by atoms with Crippen LogP contribution in [0, 0.1) is 5.92 Å². The van der Waals surface area contributed by atoms with E-state index in [1.807, 2.05) is 0 Å². The van der Waals surface area contributed by atoms with Gasteiger partial charge in [0.2, 0.25) is 0 Å². The van der Waals surface area contributed by atoms with Crippen molar-refractivity contribution in [1.82, 2.24) is 0 Å². The molecule has 0 bridgehead atoms. The van der Waals surface area contributed by atoms with Gasteiger partial charge in [-0.2, -0.15) is 0 Å². The number of rotatable bonds is 5. The Hall–Kier alpha value is -0.300. The Morgan fingerprint density at radius 3 is 2.60 bits per heavy atom. The highest BCUT2D eigenvalue weighted by Crippen LogP contribution is 2.14. The van der Waals surface area contributed by atoms with E-state index in [0.717, 1.165) is 13.0 Å². The van der Waals surface area contributed by atoms with Crippen molar-refractivity contribution in [3.05, 3.63) is 12.2 Å². The van der Waals surface area contributed by atoms with Crippen LogP contribution in [-0.2, 0) is 4.74 Å². The molecule has 0 fully saturated rings. The van der Waals surface area contributed by atoms with E-state index < -0.39 is 0 Å². The Labute approximate surface area is 64.1 Å². The standard InChI is InChI=1S/C9H18O/c1-5-8(2)9(3)6-7-10-4/h8H,3,5-7H2,1-2,4H3. The molecule has 0 rings (SSSR count). The van der Waals surface area contributed by atoms with Gasteiger partial charge < -0.3 is 4.74 Å². The van der Waals surface area contributed by atoms with Crippen molar-refractivity contribution in [2.24, 2.45) is 5.92 Å². The van der Waals surface area contributed by atoms with Crippen LogP contribution in [0.2, 0.25) is 0 Å². The summed E-state index contributed by atoms with van der Waals surface area (Å²) in [7, 11) is 1.73. The second kappa shape index (κ2) is 5.48. The maximum Gasteiger partial charge on any atom is 0.0499 e. The normalized spacial score (nSPS) is 13.1. The fourth-order valence-electron chi connectivity index (χ4n) is 0.768. The van der Waals surface area contributed by atoms with Gasteiger partial charge in [-0.1, -0.05) is 26.0 Å². The minimum Gasteiger partial charge on any atom is -0.384 e. The topological polar surface area (TPSA) is 9.23 Å². The second-order valence-corrected chi connectivity index (χ2v) is 2.71. The van der Waals surface area contributed by atoms with E-state index in [9.17, 15) is 0 Å². The predicted molar refractivity (Wildman–Crippen MR) is 45.1 cm³/mol. The van der Waals surface area contributed by atoms with E-state index in [4.69, 9.17) is 4.74 Å². The average Bonchev–Trinajstić information content (AvgIpc) is 1.98. The second-order valence-electron chi connectivity index (χ2n) is 2.71.